The van der Waals surface area contributed by atoms with E-state index in [-0.39, 0.29) is 11.7 Å². The SMILES string of the molecule is C=CCC1=[N+]([O-])C2=CCC(c3ccc(OC)cc3)=CC2=C(O)C1CC=C. The molecule has 1 aromatic carbocycles. The first-order valence-corrected chi connectivity index (χ1v) is 8.64. The maximum Gasteiger partial charge on any atom is 0.223 e. The minimum atomic E-state index is -0.360. The first kappa shape index (κ1) is 17.8. The fraction of sp³-hybridized carbons (Fsp3) is 0.227. The summed E-state index contributed by atoms with van der Waals surface area (Å²) in [7, 11) is 1.63. The predicted molar refractivity (Wildman–Crippen MR) is 105 cm³/mol. The Balaban J connectivity index is 2.03. The van der Waals surface area contributed by atoms with E-state index >= 15 is 0 Å². The van der Waals surface area contributed by atoms with Crippen LogP contribution in [-0.4, -0.2) is 22.7 Å². The van der Waals surface area contributed by atoms with Gasteiger partial charge in [0.25, 0.3) is 0 Å². The lowest BCUT2D eigenvalue weighted by atomic mass is 9.84. The summed E-state index contributed by atoms with van der Waals surface area (Å²) >= 11 is 0. The minimum absolute atomic E-state index is 0.228. The molecular weight excluding hydrogens is 326 g/mol. The maximum atomic E-state index is 12.8. The maximum absolute atomic E-state index is 12.8. The van der Waals surface area contributed by atoms with Crippen LogP contribution in [0.25, 0.3) is 5.57 Å². The zero-order valence-electron chi connectivity index (χ0n) is 14.9. The van der Waals surface area contributed by atoms with Crippen molar-refractivity contribution in [2.75, 3.05) is 7.11 Å². The van der Waals surface area contributed by atoms with Crippen molar-refractivity contribution < 1.29 is 14.6 Å². The first-order valence-electron chi connectivity index (χ1n) is 8.64. The smallest absolute Gasteiger partial charge is 0.223 e. The lowest BCUT2D eigenvalue weighted by molar-refractivity contribution is -0.404. The van der Waals surface area contributed by atoms with Crippen LogP contribution in [0.5, 0.6) is 5.75 Å². The van der Waals surface area contributed by atoms with Gasteiger partial charge in [0.15, 0.2) is 5.71 Å². The van der Waals surface area contributed by atoms with Gasteiger partial charge in [-0.05, 0) is 48.3 Å². The summed E-state index contributed by atoms with van der Waals surface area (Å²) in [5.74, 6) is 0.661. The molecular formula is C22H23NO3. The van der Waals surface area contributed by atoms with Crippen LogP contribution < -0.4 is 4.74 Å². The fourth-order valence-electron chi connectivity index (χ4n) is 3.46. The highest BCUT2D eigenvalue weighted by Crippen LogP contribution is 2.37. The standard InChI is InChI=1S/C22H23NO3/c1-4-6-18-20(7-5-2)23(25)21-13-10-16(14-19(21)22(18)24)15-8-11-17(26-3)12-9-15/h4-5,8-9,11-14,18,24H,1-2,6-7,10H2,3H3. The fourth-order valence-corrected chi connectivity index (χ4v) is 3.46. The van der Waals surface area contributed by atoms with Crippen molar-refractivity contribution in [2.45, 2.75) is 19.3 Å². The van der Waals surface area contributed by atoms with Gasteiger partial charge in [-0.15, -0.1) is 13.2 Å². The Labute approximate surface area is 154 Å². The molecule has 1 heterocycles. The molecule has 4 nitrogen and oxygen atoms in total. The quantitative estimate of drug-likeness (QED) is 0.451. The number of rotatable bonds is 6. The number of aliphatic hydroxyl groups is 1. The van der Waals surface area contributed by atoms with Crippen molar-refractivity contribution in [3.05, 3.63) is 89.5 Å². The van der Waals surface area contributed by atoms with Crippen LogP contribution in [0.15, 0.2) is 78.8 Å². The van der Waals surface area contributed by atoms with Gasteiger partial charge in [-0.3, -0.25) is 0 Å². The normalized spacial score (nSPS) is 19.5. The second kappa shape index (κ2) is 7.48. The van der Waals surface area contributed by atoms with Gasteiger partial charge in [0.2, 0.25) is 5.70 Å². The largest absolute Gasteiger partial charge is 0.618 e. The summed E-state index contributed by atoms with van der Waals surface area (Å²) in [6, 6.07) is 7.77. The first-order chi connectivity index (χ1) is 12.6. The van der Waals surface area contributed by atoms with Crippen molar-refractivity contribution in [2.24, 2.45) is 5.92 Å². The molecule has 0 aromatic heterocycles. The number of hydroxylamine groups is 1. The number of hydrogen-bond donors (Lipinski definition) is 1. The van der Waals surface area contributed by atoms with Gasteiger partial charge in [0.1, 0.15) is 17.4 Å². The van der Waals surface area contributed by atoms with Gasteiger partial charge >= 0.3 is 0 Å². The Morgan fingerprint density at radius 2 is 2.00 bits per heavy atom. The van der Waals surface area contributed by atoms with E-state index in [2.05, 4.69) is 13.2 Å². The van der Waals surface area contributed by atoms with E-state index in [0.717, 1.165) is 21.6 Å². The third-order valence-corrected chi connectivity index (χ3v) is 4.81. The van der Waals surface area contributed by atoms with Crippen LogP contribution in [-0.2, 0) is 0 Å². The van der Waals surface area contributed by atoms with Gasteiger partial charge in [-0.2, -0.15) is 4.74 Å². The van der Waals surface area contributed by atoms with E-state index in [1.165, 1.54) is 0 Å². The molecule has 0 saturated carbocycles. The van der Waals surface area contributed by atoms with Crippen molar-refractivity contribution in [3.8, 4) is 5.75 Å². The van der Waals surface area contributed by atoms with Crippen LogP contribution in [0.1, 0.15) is 24.8 Å². The van der Waals surface area contributed by atoms with Crippen molar-refractivity contribution in [1.82, 2.24) is 0 Å². The van der Waals surface area contributed by atoms with E-state index in [4.69, 9.17) is 4.74 Å². The molecule has 0 saturated heterocycles. The van der Waals surface area contributed by atoms with Crippen molar-refractivity contribution >= 4 is 11.3 Å². The molecule has 4 heteroatoms. The predicted octanol–water partition coefficient (Wildman–Crippen LogP) is 4.91. The number of fused-ring (bicyclic) bond motifs is 1. The summed E-state index contributed by atoms with van der Waals surface area (Å²) in [5, 5.41) is 23.7. The zero-order valence-corrected chi connectivity index (χ0v) is 14.9. The van der Waals surface area contributed by atoms with Gasteiger partial charge in [0, 0.05) is 6.42 Å². The molecule has 134 valence electrons. The highest BCUT2D eigenvalue weighted by atomic mass is 16.5. The molecule has 1 aliphatic carbocycles. The number of allylic oxidation sites excluding steroid dienone is 6. The summed E-state index contributed by atoms with van der Waals surface area (Å²) in [6.45, 7) is 7.48. The number of nitrogens with zero attached hydrogens (tertiary/aromatic N) is 1. The van der Waals surface area contributed by atoms with E-state index in [1.807, 2.05) is 36.4 Å². The van der Waals surface area contributed by atoms with E-state index in [0.29, 0.717) is 36.2 Å². The van der Waals surface area contributed by atoms with E-state index in [9.17, 15) is 10.3 Å². The molecule has 1 N–H and O–H groups in total. The molecule has 0 fully saturated rings. The minimum Gasteiger partial charge on any atom is -0.618 e. The Kier molecular flexibility index (Phi) is 5.12. The molecule has 26 heavy (non-hydrogen) atoms. The third kappa shape index (κ3) is 3.10. The van der Waals surface area contributed by atoms with Crippen molar-refractivity contribution in [3.63, 3.8) is 0 Å². The molecule has 1 atom stereocenters. The van der Waals surface area contributed by atoms with Gasteiger partial charge in [-0.1, -0.05) is 24.3 Å². The van der Waals surface area contributed by atoms with Crippen LogP contribution in [0.4, 0.5) is 0 Å². The lowest BCUT2D eigenvalue weighted by Crippen LogP contribution is -2.32. The Morgan fingerprint density at radius 1 is 1.27 bits per heavy atom. The number of ether oxygens (including phenoxy) is 1. The molecule has 1 unspecified atom stereocenters. The summed E-state index contributed by atoms with van der Waals surface area (Å²) in [4.78, 5) is 0. The number of benzene rings is 1. The average molecular weight is 349 g/mol. The monoisotopic (exact) mass is 349 g/mol. The Bertz CT molecular complexity index is 854. The van der Waals surface area contributed by atoms with Crippen LogP contribution >= 0.6 is 0 Å². The number of aliphatic hydroxyl groups excluding tert-OH is 1. The second-order valence-electron chi connectivity index (χ2n) is 6.35. The Morgan fingerprint density at radius 3 is 2.62 bits per heavy atom. The molecule has 0 bridgehead atoms. The van der Waals surface area contributed by atoms with E-state index in [1.54, 1.807) is 19.3 Å². The van der Waals surface area contributed by atoms with Gasteiger partial charge in [0.05, 0.1) is 12.7 Å². The zero-order chi connectivity index (χ0) is 18.7. The molecule has 3 rings (SSSR count). The van der Waals surface area contributed by atoms with Crippen LogP contribution in [0.2, 0.25) is 0 Å². The molecule has 1 aliphatic heterocycles. The highest BCUT2D eigenvalue weighted by molar-refractivity contribution is 5.89. The summed E-state index contributed by atoms with van der Waals surface area (Å²) in [6.07, 6.45) is 8.79. The summed E-state index contributed by atoms with van der Waals surface area (Å²) in [5.41, 5.74) is 3.80. The van der Waals surface area contributed by atoms with Gasteiger partial charge in [-0.25, -0.2) is 0 Å². The molecule has 2 aliphatic rings. The summed E-state index contributed by atoms with van der Waals surface area (Å²) < 4.78 is 6.15. The Hall–Kier alpha value is -3.01. The third-order valence-electron chi connectivity index (χ3n) is 4.81. The van der Waals surface area contributed by atoms with Crippen LogP contribution in [0.3, 0.4) is 0 Å². The molecule has 0 spiro atoms. The molecule has 1 aromatic rings. The lowest BCUT2D eigenvalue weighted by Gasteiger charge is -2.27. The average Bonchev–Trinajstić information content (AvgIpc) is 2.68. The number of methoxy groups -OCH3 is 1. The van der Waals surface area contributed by atoms with Crippen LogP contribution in [0, 0.1) is 11.1 Å². The van der Waals surface area contributed by atoms with Crippen molar-refractivity contribution in [1.29, 1.82) is 0 Å². The number of hydrogen-bond acceptors (Lipinski definition) is 3. The van der Waals surface area contributed by atoms with Gasteiger partial charge < -0.3 is 15.1 Å². The molecule has 0 radical (unpaired) electrons. The second-order valence-corrected chi connectivity index (χ2v) is 6.35. The topological polar surface area (TPSA) is 55.5 Å². The van der Waals surface area contributed by atoms with E-state index < -0.39 is 0 Å². The molecule has 0 amide bonds. The highest BCUT2D eigenvalue weighted by Gasteiger charge is 2.37.